The molecule has 6 heteroatoms. The number of nitrogens with one attached hydrogen (secondary N) is 1. The predicted molar refractivity (Wildman–Crippen MR) is 120 cm³/mol. The van der Waals surface area contributed by atoms with Crippen molar-refractivity contribution in [3.63, 3.8) is 0 Å². The lowest BCUT2D eigenvalue weighted by Crippen LogP contribution is -2.16. The summed E-state index contributed by atoms with van der Waals surface area (Å²) >= 11 is 1.42. The maximum atomic E-state index is 12.9. The van der Waals surface area contributed by atoms with Gasteiger partial charge in [0.2, 0.25) is 0 Å². The molecule has 2 aromatic rings. The predicted octanol–water partition coefficient (Wildman–Crippen LogP) is 5.27. The van der Waals surface area contributed by atoms with Gasteiger partial charge in [-0.3, -0.25) is 4.79 Å². The van der Waals surface area contributed by atoms with Crippen molar-refractivity contribution in [2.75, 3.05) is 11.9 Å². The smallest absolute Gasteiger partial charge is 0.341 e. The van der Waals surface area contributed by atoms with Crippen LogP contribution in [0.5, 0.6) is 0 Å². The van der Waals surface area contributed by atoms with Crippen LogP contribution < -0.4 is 5.32 Å². The Morgan fingerprint density at radius 1 is 1.20 bits per heavy atom. The van der Waals surface area contributed by atoms with E-state index in [0.29, 0.717) is 10.6 Å². The van der Waals surface area contributed by atoms with Crippen molar-refractivity contribution in [3.8, 4) is 6.07 Å². The molecule has 1 heterocycles. The molecule has 3 rings (SSSR count). The molecule has 0 saturated heterocycles. The van der Waals surface area contributed by atoms with Gasteiger partial charge < -0.3 is 10.1 Å². The fraction of sp³-hybridized carbons (Fsp3) is 0.375. The Bertz CT molecular complexity index is 1050. The quantitative estimate of drug-likeness (QED) is 0.404. The number of amides is 1. The van der Waals surface area contributed by atoms with Gasteiger partial charge >= 0.3 is 5.97 Å². The van der Waals surface area contributed by atoms with E-state index in [1.807, 2.05) is 39.0 Å². The lowest BCUT2D eigenvalue weighted by atomic mass is 9.95. The molecule has 0 spiro atoms. The number of aryl methyl sites for hydroxylation is 4. The number of benzene rings is 1. The third-order valence-electron chi connectivity index (χ3n) is 5.27. The van der Waals surface area contributed by atoms with Crippen molar-refractivity contribution >= 4 is 34.3 Å². The molecule has 30 heavy (non-hydrogen) atoms. The van der Waals surface area contributed by atoms with Crippen LogP contribution in [0.1, 0.15) is 62.8 Å². The second-order valence-electron chi connectivity index (χ2n) is 7.57. The van der Waals surface area contributed by atoms with E-state index in [4.69, 9.17) is 4.74 Å². The molecule has 1 aromatic carbocycles. The number of carbonyl (C=O) groups excluding carboxylic acids is 2. The number of nitrogens with zero attached hydrogens (tertiary/aromatic N) is 1. The molecule has 1 amide bonds. The van der Waals surface area contributed by atoms with Crippen molar-refractivity contribution in [2.45, 2.75) is 53.4 Å². The van der Waals surface area contributed by atoms with E-state index < -0.39 is 11.9 Å². The van der Waals surface area contributed by atoms with Gasteiger partial charge in [-0.1, -0.05) is 17.7 Å². The number of nitriles is 1. The van der Waals surface area contributed by atoms with Gasteiger partial charge in [-0.2, -0.15) is 5.26 Å². The maximum absolute atomic E-state index is 12.9. The van der Waals surface area contributed by atoms with Gasteiger partial charge in [0, 0.05) is 4.88 Å². The Labute approximate surface area is 181 Å². The van der Waals surface area contributed by atoms with Crippen LogP contribution in [-0.4, -0.2) is 18.5 Å². The van der Waals surface area contributed by atoms with Gasteiger partial charge in [0.05, 0.1) is 12.2 Å². The van der Waals surface area contributed by atoms with E-state index in [2.05, 4.69) is 5.32 Å². The SMILES string of the molecule is CCOC(=O)c1c(NC(=O)/C(C#N)=C/c2c(C)cc(C)cc2C)sc2c1CCCC2. The third kappa shape index (κ3) is 4.47. The summed E-state index contributed by atoms with van der Waals surface area (Å²) in [6.07, 6.45) is 5.40. The first-order chi connectivity index (χ1) is 14.3. The summed E-state index contributed by atoms with van der Waals surface area (Å²) in [5.74, 6) is -0.930. The molecule has 0 unspecified atom stereocenters. The zero-order valence-electron chi connectivity index (χ0n) is 17.8. The van der Waals surface area contributed by atoms with Crippen LogP contribution in [0.15, 0.2) is 17.7 Å². The lowest BCUT2D eigenvalue weighted by Gasteiger charge is -2.12. The van der Waals surface area contributed by atoms with Gasteiger partial charge in [0.1, 0.15) is 16.6 Å². The summed E-state index contributed by atoms with van der Waals surface area (Å²) in [6, 6.07) is 6.06. The van der Waals surface area contributed by atoms with Crippen LogP contribution in [0.25, 0.3) is 6.08 Å². The fourth-order valence-corrected chi connectivity index (χ4v) is 5.23. The Balaban J connectivity index is 1.96. The van der Waals surface area contributed by atoms with E-state index in [0.717, 1.165) is 58.4 Å². The molecule has 0 saturated carbocycles. The van der Waals surface area contributed by atoms with Crippen molar-refractivity contribution in [1.82, 2.24) is 0 Å². The molecule has 0 fully saturated rings. The summed E-state index contributed by atoms with van der Waals surface area (Å²) in [5.41, 5.74) is 5.44. The number of anilines is 1. The average Bonchev–Trinajstić information content (AvgIpc) is 3.05. The molecule has 156 valence electrons. The van der Waals surface area contributed by atoms with E-state index in [-0.39, 0.29) is 12.2 Å². The summed E-state index contributed by atoms with van der Waals surface area (Å²) in [7, 11) is 0. The minimum absolute atomic E-state index is 0.00577. The van der Waals surface area contributed by atoms with Crippen LogP contribution >= 0.6 is 11.3 Å². The topological polar surface area (TPSA) is 79.2 Å². The number of thiophene rings is 1. The van der Waals surface area contributed by atoms with Crippen molar-refractivity contribution in [3.05, 3.63) is 56.0 Å². The molecular weight excluding hydrogens is 396 g/mol. The van der Waals surface area contributed by atoms with E-state index in [9.17, 15) is 14.9 Å². The Kier molecular flexibility index (Phi) is 6.73. The highest BCUT2D eigenvalue weighted by atomic mass is 32.1. The first-order valence-electron chi connectivity index (χ1n) is 10.2. The first kappa shape index (κ1) is 21.8. The van der Waals surface area contributed by atoms with E-state index in [1.54, 1.807) is 13.0 Å². The summed E-state index contributed by atoms with van der Waals surface area (Å²) in [6.45, 7) is 7.97. The number of hydrogen-bond donors (Lipinski definition) is 1. The summed E-state index contributed by atoms with van der Waals surface area (Å²) in [4.78, 5) is 26.6. The molecule has 5 nitrogen and oxygen atoms in total. The number of esters is 1. The molecule has 0 radical (unpaired) electrons. The highest BCUT2D eigenvalue weighted by molar-refractivity contribution is 7.17. The molecule has 0 atom stereocenters. The average molecular weight is 423 g/mol. The van der Waals surface area contributed by atoms with Crippen molar-refractivity contribution < 1.29 is 14.3 Å². The molecule has 1 aliphatic rings. The Morgan fingerprint density at radius 2 is 1.87 bits per heavy atom. The lowest BCUT2D eigenvalue weighted by molar-refractivity contribution is -0.112. The van der Waals surface area contributed by atoms with Crippen LogP contribution in [0.3, 0.4) is 0 Å². The molecule has 1 aliphatic carbocycles. The largest absolute Gasteiger partial charge is 0.462 e. The number of ether oxygens (including phenoxy) is 1. The second-order valence-corrected chi connectivity index (χ2v) is 8.68. The van der Waals surface area contributed by atoms with Crippen LogP contribution in [-0.2, 0) is 22.4 Å². The zero-order valence-corrected chi connectivity index (χ0v) is 18.7. The molecule has 0 bridgehead atoms. The van der Waals surface area contributed by atoms with Crippen molar-refractivity contribution in [1.29, 1.82) is 5.26 Å². The fourth-order valence-electron chi connectivity index (χ4n) is 3.96. The first-order valence-corrected chi connectivity index (χ1v) is 11.0. The second kappa shape index (κ2) is 9.27. The van der Waals surface area contributed by atoms with Crippen LogP contribution in [0.2, 0.25) is 0 Å². The van der Waals surface area contributed by atoms with Gasteiger partial charge in [0.15, 0.2) is 0 Å². The number of carbonyl (C=O) groups is 2. The van der Waals surface area contributed by atoms with Gasteiger partial charge in [-0.05, 0) is 81.7 Å². The third-order valence-corrected chi connectivity index (χ3v) is 6.48. The zero-order chi connectivity index (χ0) is 21.8. The monoisotopic (exact) mass is 422 g/mol. The molecule has 1 aromatic heterocycles. The Morgan fingerprint density at radius 3 is 2.50 bits per heavy atom. The number of hydrogen-bond acceptors (Lipinski definition) is 5. The molecule has 0 aliphatic heterocycles. The van der Waals surface area contributed by atoms with Crippen LogP contribution in [0.4, 0.5) is 5.00 Å². The van der Waals surface area contributed by atoms with Gasteiger partial charge in [-0.15, -0.1) is 11.3 Å². The summed E-state index contributed by atoms with van der Waals surface area (Å²) in [5, 5.41) is 12.9. The van der Waals surface area contributed by atoms with Crippen LogP contribution in [0, 0.1) is 32.1 Å². The van der Waals surface area contributed by atoms with Crippen molar-refractivity contribution in [2.24, 2.45) is 0 Å². The van der Waals surface area contributed by atoms with Gasteiger partial charge in [0.25, 0.3) is 5.91 Å². The maximum Gasteiger partial charge on any atom is 0.341 e. The number of rotatable bonds is 5. The highest BCUT2D eigenvalue weighted by Crippen LogP contribution is 2.38. The minimum atomic E-state index is -0.513. The standard InChI is InChI=1S/C24H26N2O3S/c1-5-29-24(28)21-18-8-6-7-9-20(18)30-23(21)26-22(27)17(13-25)12-19-15(3)10-14(2)11-16(19)4/h10-12H,5-9H2,1-4H3,(H,26,27)/b17-12+. The van der Waals surface area contributed by atoms with E-state index in [1.165, 1.54) is 11.3 Å². The molecule has 1 N–H and O–H groups in total. The highest BCUT2D eigenvalue weighted by Gasteiger charge is 2.27. The number of fused-ring (bicyclic) bond motifs is 1. The summed E-state index contributed by atoms with van der Waals surface area (Å²) < 4.78 is 5.24. The van der Waals surface area contributed by atoms with Gasteiger partial charge in [-0.25, -0.2) is 4.79 Å². The van der Waals surface area contributed by atoms with E-state index >= 15 is 0 Å². The Hall–Kier alpha value is -2.91. The minimum Gasteiger partial charge on any atom is -0.462 e. The normalized spacial score (nSPS) is 13.4. The molecular formula is C24H26N2O3S.